The summed E-state index contributed by atoms with van der Waals surface area (Å²) in [4.78, 5) is 25.8. The first-order chi connectivity index (χ1) is 14.2. The topological polar surface area (TPSA) is 80.2 Å². The Kier molecular flexibility index (Phi) is 4.51. The molecule has 0 N–H and O–H groups in total. The van der Waals surface area contributed by atoms with Gasteiger partial charge in [-0.1, -0.05) is 0 Å². The second-order valence-electron chi connectivity index (χ2n) is 7.08. The van der Waals surface area contributed by atoms with E-state index < -0.39 is 5.95 Å². The van der Waals surface area contributed by atoms with E-state index in [0.717, 1.165) is 16.9 Å². The van der Waals surface area contributed by atoms with Crippen molar-refractivity contribution in [2.24, 2.45) is 0 Å². The van der Waals surface area contributed by atoms with E-state index in [0.29, 0.717) is 50.3 Å². The van der Waals surface area contributed by atoms with Crippen LogP contribution in [-0.4, -0.2) is 51.2 Å². The number of aromatic nitrogens is 5. The third-order valence-corrected chi connectivity index (χ3v) is 5.34. The third kappa shape index (κ3) is 3.38. The Morgan fingerprint density at radius 1 is 1.03 bits per heavy atom. The fraction of sp³-hybridized carbons (Fsp3) is 0.350. The van der Waals surface area contributed by atoms with Gasteiger partial charge in [0.25, 0.3) is 0 Å². The number of hydrogen-bond donors (Lipinski definition) is 0. The number of ether oxygens (including phenoxy) is 1. The molecule has 2 aliphatic rings. The summed E-state index contributed by atoms with van der Waals surface area (Å²) in [5.41, 5.74) is 2.71. The molecule has 1 fully saturated rings. The standard InChI is InChI=1S/C20H20FN7O/c1-13-15-11-24-20(19-22-3-2-4-23-19)25-16(15)12-28(13)14-9-17(21)26-18(10-14)27-5-7-29-8-6-27/h2-4,9-11,13H,5-8,12H2,1H3. The molecule has 1 atom stereocenters. The van der Waals surface area contributed by atoms with Crippen LogP contribution in [0.3, 0.4) is 0 Å². The molecule has 5 rings (SSSR count). The van der Waals surface area contributed by atoms with E-state index in [1.165, 1.54) is 6.07 Å². The van der Waals surface area contributed by atoms with Crippen molar-refractivity contribution in [2.45, 2.75) is 19.5 Å². The van der Waals surface area contributed by atoms with Crippen LogP contribution in [-0.2, 0) is 11.3 Å². The zero-order valence-electron chi connectivity index (χ0n) is 16.0. The highest BCUT2D eigenvalue weighted by Crippen LogP contribution is 2.37. The molecule has 148 valence electrons. The van der Waals surface area contributed by atoms with Gasteiger partial charge in [0.1, 0.15) is 5.82 Å². The number of anilines is 2. The van der Waals surface area contributed by atoms with Crippen LogP contribution in [0.1, 0.15) is 24.2 Å². The molecular formula is C20H20FN7O. The van der Waals surface area contributed by atoms with Gasteiger partial charge < -0.3 is 14.5 Å². The normalized spacial score (nSPS) is 18.8. The van der Waals surface area contributed by atoms with E-state index in [1.807, 2.05) is 12.3 Å². The van der Waals surface area contributed by atoms with Gasteiger partial charge in [0.15, 0.2) is 11.6 Å². The summed E-state index contributed by atoms with van der Waals surface area (Å²) in [5.74, 6) is 1.13. The molecule has 1 unspecified atom stereocenters. The zero-order valence-corrected chi connectivity index (χ0v) is 16.0. The van der Waals surface area contributed by atoms with E-state index in [9.17, 15) is 4.39 Å². The number of morpholine rings is 1. The Labute approximate surface area is 167 Å². The SMILES string of the molecule is CC1c2cnc(-c3ncccn3)nc2CN1c1cc(F)nc(N2CCOCC2)c1. The molecule has 3 aromatic heterocycles. The average molecular weight is 393 g/mol. The molecule has 0 aliphatic carbocycles. The number of fused-ring (bicyclic) bond motifs is 1. The average Bonchev–Trinajstić information content (AvgIpc) is 3.10. The largest absolute Gasteiger partial charge is 0.378 e. The van der Waals surface area contributed by atoms with Crippen molar-refractivity contribution in [3.63, 3.8) is 0 Å². The van der Waals surface area contributed by atoms with Gasteiger partial charge in [-0.05, 0) is 13.0 Å². The zero-order chi connectivity index (χ0) is 19.8. The van der Waals surface area contributed by atoms with Gasteiger partial charge >= 0.3 is 0 Å². The minimum Gasteiger partial charge on any atom is -0.378 e. The van der Waals surface area contributed by atoms with Gasteiger partial charge in [0.2, 0.25) is 5.95 Å². The highest BCUT2D eigenvalue weighted by Gasteiger charge is 2.30. The lowest BCUT2D eigenvalue weighted by molar-refractivity contribution is 0.122. The summed E-state index contributed by atoms with van der Waals surface area (Å²) in [6.07, 6.45) is 5.15. The van der Waals surface area contributed by atoms with Gasteiger partial charge in [0, 0.05) is 55.1 Å². The van der Waals surface area contributed by atoms with E-state index in [1.54, 1.807) is 18.5 Å². The molecule has 29 heavy (non-hydrogen) atoms. The smallest absolute Gasteiger partial charge is 0.216 e. The molecule has 9 heteroatoms. The summed E-state index contributed by atoms with van der Waals surface area (Å²) < 4.78 is 19.7. The quantitative estimate of drug-likeness (QED) is 0.628. The lowest BCUT2D eigenvalue weighted by atomic mass is 10.1. The number of pyridine rings is 1. The molecule has 5 heterocycles. The molecule has 0 bridgehead atoms. The molecule has 2 aliphatic heterocycles. The van der Waals surface area contributed by atoms with Crippen LogP contribution in [0, 0.1) is 5.95 Å². The van der Waals surface area contributed by atoms with Gasteiger partial charge in [-0.3, -0.25) is 0 Å². The number of hydrogen-bond acceptors (Lipinski definition) is 8. The van der Waals surface area contributed by atoms with Crippen LogP contribution in [0.4, 0.5) is 15.9 Å². The minimum atomic E-state index is -0.489. The van der Waals surface area contributed by atoms with Crippen molar-refractivity contribution in [3.05, 3.63) is 54.0 Å². The van der Waals surface area contributed by atoms with Crippen LogP contribution >= 0.6 is 0 Å². The van der Waals surface area contributed by atoms with E-state index >= 15 is 0 Å². The summed E-state index contributed by atoms with van der Waals surface area (Å²) >= 11 is 0. The van der Waals surface area contributed by atoms with Crippen molar-refractivity contribution in [2.75, 3.05) is 36.1 Å². The fourth-order valence-electron chi connectivity index (χ4n) is 3.80. The first-order valence-corrected chi connectivity index (χ1v) is 9.59. The summed E-state index contributed by atoms with van der Waals surface area (Å²) in [5, 5.41) is 0. The Hall–Kier alpha value is -3.20. The van der Waals surface area contributed by atoms with Gasteiger partial charge in [-0.25, -0.2) is 24.9 Å². The van der Waals surface area contributed by atoms with Crippen LogP contribution in [0.5, 0.6) is 0 Å². The summed E-state index contributed by atoms with van der Waals surface area (Å²) in [7, 11) is 0. The predicted molar refractivity (Wildman–Crippen MR) is 105 cm³/mol. The van der Waals surface area contributed by atoms with Crippen molar-refractivity contribution in [1.29, 1.82) is 0 Å². The lowest BCUT2D eigenvalue weighted by Crippen LogP contribution is -2.37. The van der Waals surface area contributed by atoms with Crippen LogP contribution in [0.25, 0.3) is 11.6 Å². The molecule has 0 aromatic carbocycles. The molecule has 1 saturated heterocycles. The highest BCUT2D eigenvalue weighted by molar-refractivity contribution is 5.59. The predicted octanol–water partition coefficient (Wildman–Crippen LogP) is 2.39. The molecule has 3 aromatic rings. The maximum atomic E-state index is 14.3. The molecular weight excluding hydrogens is 373 g/mol. The van der Waals surface area contributed by atoms with Crippen molar-refractivity contribution in [1.82, 2.24) is 24.9 Å². The molecule has 0 radical (unpaired) electrons. The monoisotopic (exact) mass is 393 g/mol. The first-order valence-electron chi connectivity index (χ1n) is 9.59. The molecule has 0 spiro atoms. The van der Waals surface area contributed by atoms with E-state index in [2.05, 4.69) is 41.6 Å². The fourth-order valence-corrected chi connectivity index (χ4v) is 3.80. The van der Waals surface area contributed by atoms with Crippen LogP contribution in [0.15, 0.2) is 36.8 Å². The number of rotatable bonds is 3. The molecule has 0 amide bonds. The highest BCUT2D eigenvalue weighted by atomic mass is 19.1. The van der Waals surface area contributed by atoms with Crippen molar-refractivity contribution in [3.8, 4) is 11.6 Å². The maximum Gasteiger partial charge on any atom is 0.216 e. The third-order valence-electron chi connectivity index (χ3n) is 5.34. The second kappa shape index (κ2) is 7.32. The Morgan fingerprint density at radius 3 is 2.62 bits per heavy atom. The second-order valence-corrected chi connectivity index (χ2v) is 7.08. The Balaban J connectivity index is 1.45. The summed E-state index contributed by atoms with van der Waals surface area (Å²) in [6, 6.07) is 5.19. The van der Waals surface area contributed by atoms with Gasteiger partial charge in [0.05, 0.1) is 31.5 Å². The number of nitrogens with zero attached hydrogens (tertiary/aromatic N) is 7. The van der Waals surface area contributed by atoms with Crippen LogP contribution < -0.4 is 9.80 Å². The van der Waals surface area contributed by atoms with Gasteiger partial charge in [-0.15, -0.1) is 0 Å². The first kappa shape index (κ1) is 17.9. The van der Waals surface area contributed by atoms with Crippen molar-refractivity contribution < 1.29 is 9.13 Å². The van der Waals surface area contributed by atoms with Crippen LogP contribution in [0.2, 0.25) is 0 Å². The Bertz CT molecular complexity index is 1030. The van der Waals surface area contributed by atoms with Crippen molar-refractivity contribution >= 4 is 11.5 Å². The van der Waals surface area contributed by atoms with E-state index in [4.69, 9.17) is 4.74 Å². The minimum absolute atomic E-state index is 0.0232. The van der Waals surface area contributed by atoms with E-state index in [-0.39, 0.29) is 6.04 Å². The van der Waals surface area contributed by atoms with Gasteiger partial charge in [-0.2, -0.15) is 4.39 Å². The lowest BCUT2D eigenvalue weighted by Gasteiger charge is -2.30. The molecule has 8 nitrogen and oxygen atoms in total. The number of halogens is 1. The Morgan fingerprint density at radius 2 is 1.83 bits per heavy atom. The summed E-state index contributed by atoms with van der Waals surface area (Å²) in [6.45, 7) is 5.29. The maximum absolute atomic E-state index is 14.3. The molecule has 0 saturated carbocycles.